The van der Waals surface area contributed by atoms with Gasteiger partial charge in [0.25, 0.3) is 0 Å². The second kappa shape index (κ2) is 4.72. The van der Waals surface area contributed by atoms with Gasteiger partial charge in [-0.3, -0.25) is 0 Å². The molecule has 0 rings (SSSR count). The molecule has 2 nitrogen and oxygen atoms in total. The molecular formula is C9H14O2. The van der Waals surface area contributed by atoms with E-state index in [4.69, 9.17) is 0 Å². The summed E-state index contributed by atoms with van der Waals surface area (Å²) in [6.07, 6.45) is 3.43. The lowest BCUT2D eigenvalue weighted by Crippen LogP contribution is -1.96. The molecule has 0 aliphatic rings. The minimum Gasteiger partial charge on any atom is -0.466 e. The zero-order chi connectivity index (χ0) is 8.85. The van der Waals surface area contributed by atoms with Crippen molar-refractivity contribution in [3.63, 3.8) is 0 Å². The molecule has 0 spiro atoms. The molecule has 0 heterocycles. The molecule has 0 fully saturated rings. The highest BCUT2D eigenvalue weighted by Crippen LogP contribution is 2.06. The maximum atomic E-state index is 10.7. The Hall–Kier alpha value is -1.05. The van der Waals surface area contributed by atoms with Gasteiger partial charge in [-0.2, -0.15) is 0 Å². The van der Waals surface area contributed by atoms with E-state index in [0.717, 1.165) is 11.1 Å². The summed E-state index contributed by atoms with van der Waals surface area (Å²) in [5.74, 6) is -0.302. The monoisotopic (exact) mass is 154 g/mol. The smallest absolute Gasteiger partial charge is 0.330 e. The van der Waals surface area contributed by atoms with Crippen LogP contribution in [0.5, 0.6) is 0 Å². The van der Waals surface area contributed by atoms with Crippen LogP contribution in [-0.4, -0.2) is 13.1 Å². The number of allylic oxidation sites excluding steroid dienone is 3. The molecular weight excluding hydrogens is 140 g/mol. The Balaban J connectivity index is 4.34. The topological polar surface area (TPSA) is 26.3 Å². The van der Waals surface area contributed by atoms with Crippen molar-refractivity contribution < 1.29 is 9.53 Å². The summed E-state index contributed by atoms with van der Waals surface area (Å²) in [4.78, 5) is 10.7. The molecule has 0 aromatic carbocycles. The van der Waals surface area contributed by atoms with E-state index >= 15 is 0 Å². The molecule has 11 heavy (non-hydrogen) atoms. The van der Waals surface area contributed by atoms with Crippen molar-refractivity contribution >= 4 is 5.97 Å². The van der Waals surface area contributed by atoms with Crippen LogP contribution in [0.25, 0.3) is 0 Å². The van der Waals surface area contributed by atoms with Crippen LogP contribution in [0, 0.1) is 0 Å². The van der Waals surface area contributed by atoms with Crippen molar-refractivity contribution in [1.82, 2.24) is 0 Å². The summed E-state index contributed by atoms with van der Waals surface area (Å²) in [5.41, 5.74) is 2.04. The molecule has 2 heteroatoms. The van der Waals surface area contributed by atoms with Crippen molar-refractivity contribution in [1.29, 1.82) is 0 Å². The number of hydrogen-bond acceptors (Lipinski definition) is 2. The lowest BCUT2D eigenvalue weighted by Gasteiger charge is -1.98. The molecule has 0 aliphatic heterocycles. The number of esters is 1. The molecule has 0 unspecified atom stereocenters. The highest BCUT2D eigenvalue weighted by molar-refractivity contribution is 5.83. The molecule has 0 saturated heterocycles. The predicted octanol–water partition coefficient (Wildman–Crippen LogP) is 2.07. The van der Waals surface area contributed by atoms with Gasteiger partial charge < -0.3 is 4.74 Å². The number of carbonyl (C=O) groups excluding carboxylic acids is 1. The summed E-state index contributed by atoms with van der Waals surface area (Å²) in [6, 6.07) is 0. The Morgan fingerprint density at radius 2 is 1.82 bits per heavy atom. The van der Waals surface area contributed by atoms with Crippen molar-refractivity contribution in [2.45, 2.75) is 20.8 Å². The Bertz CT molecular complexity index is 200. The first-order chi connectivity index (χ1) is 5.11. The SMILES string of the molecule is CC=C(C)C(C)=CC(=O)OC. The predicted molar refractivity (Wildman–Crippen MR) is 45.2 cm³/mol. The molecule has 0 radical (unpaired) electrons. The van der Waals surface area contributed by atoms with Gasteiger partial charge in [-0.15, -0.1) is 0 Å². The minimum atomic E-state index is -0.302. The molecule has 0 saturated carbocycles. The van der Waals surface area contributed by atoms with Crippen LogP contribution >= 0.6 is 0 Å². The van der Waals surface area contributed by atoms with E-state index in [2.05, 4.69) is 4.74 Å². The lowest BCUT2D eigenvalue weighted by atomic mass is 10.1. The molecule has 0 amide bonds. The lowest BCUT2D eigenvalue weighted by molar-refractivity contribution is -0.134. The third-order valence-electron chi connectivity index (χ3n) is 1.59. The van der Waals surface area contributed by atoms with Gasteiger partial charge in [0.2, 0.25) is 0 Å². The first-order valence-corrected chi connectivity index (χ1v) is 3.51. The number of rotatable bonds is 2. The van der Waals surface area contributed by atoms with E-state index in [1.54, 1.807) is 0 Å². The van der Waals surface area contributed by atoms with Gasteiger partial charge in [-0.1, -0.05) is 11.6 Å². The summed E-state index contributed by atoms with van der Waals surface area (Å²) in [7, 11) is 1.37. The Labute approximate surface area is 67.6 Å². The number of hydrogen-bond donors (Lipinski definition) is 0. The molecule has 0 bridgehead atoms. The third kappa shape index (κ3) is 3.61. The fourth-order valence-electron chi connectivity index (χ4n) is 0.577. The molecule has 0 aromatic rings. The van der Waals surface area contributed by atoms with Crippen molar-refractivity contribution in [2.24, 2.45) is 0 Å². The van der Waals surface area contributed by atoms with Crippen LogP contribution in [0.3, 0.4) is 0 Å². The second-order valence-corrected chi connectivity index (χ2v) is 2.32. The molecule has 0 N–H and O–H groups in total. The van der Waals surface area contributed by atoms with Crippen LogP contribution in [0.15, 0.2) is 23.3 Å². The fourth-order valence-corrected chi connectivity index (χ4v) is 0.577. The first kappa shape index (κ1) is 9.95. The molecule has 0 atom stereocenters. The van der Waals surface area contributed by atoms with Gasteiger partial charge >= 0.3 is 5.97 Å². The van der Waals surface area contributed by atoms with Crippen LogP contribution in [0.2, 0.25) is 0 Å². The first-order valence-electron chi connectivity index (χ1n) is 3.51. The van der Waals surface area contributed by atoms with Gasteiger partial charge in [0.1, 0.15) is 0 Å². The third-order valence-corrected chi connectivity index (χ3v) is 1.59. The summed E-state index contributed by atoms with van der Waals surface area (Å²) >= 11 is 0. The van der Waals surface area contributed by atoms with Gasteiger partial charge in [-0.25, -0.2) is 4.79 Å². The van der Waals surface area contributed by atoms with Gasteiger partial charge in [0.15, 0.2) is 0 Å². The van der Waals surface area contributed by atoms with E-state index in [9.17, 15) is 4.79 Å². The average molecular weight is 154 g/mol. The number of carbonyl (C=O) groups is 1. The van der Waals surface area contributed by atoms with Gasteiger partial charge in [0.05, 0.1) is 7.11 Å². The largest absolute Gasteiger partial charge is 0.466 e. The normalized spacial score (nSPS) is 13.1. The molecule has 62 valence electrons. The summed E-state index contributed by atoms with van der Waals surface area (Å²) in [6.45, 7) is 5.77. The van der Waals surface area contributed by atoms with Crippen LogP contribution < -0.4 is 0 Å². The number of methoxy groups -OCH3 is 1. The molecule has 0 aromatic heterocycles. The quantitative estimate of drug-likeness (QED) is 0.346. The second-order valence-electron chi connectivity index (χ2n) is 2.32. The van der Waals surface area contributed by atoms with E-state index in [-0.39, 0.29) is 5.97 Å². The Morgan fingerprint density at radius 3 is 2.18 bits per heavy atom. The maximum Gasteiger partial charge on any atom is 0.330 e. The average Bonchev–Trinajstić information content (AvgIpc) is 2.02. The van der Waals surface area contributed by atoms with Gasteiger partial charge in [0, 0.05) is 6.08 Å². The van der Waals surface area contributed by atoms with Gasteiger partial charge in [-0.05, 0) is 26.3 Å². The summed E-state index contributed by atoms with van der Waals surface area (Å²) < 4.78 is 4.47. The van der Waals surface area contributed by atoms with Crippen LogP contribution in [-0.2, 0) is 9.53 Å². The van der Waals surface area contributed by atoms with Crippen LogP contribution in [0.1, 0.15) is 20.8 Å². The zero-order valence-electron chi connectivity index (χ0n) is 7.47. The maximum absolute atomic E-state index is 10.7. The molecule has 0 aliphatic carbocycles. The van der Waals surface area contributed by atoms with Crippen molar-refractivity contribution in [2.75, 3.05) is 7.11 Å². The van der Waals surface area contributed by atoms with E-state index < -0.39 is 0 Å². The van der Waals surface area contributed by atoms with Crippen molar-refractivity contribution in [3.8, 4) is 0 Å². The van der Waals surface area contributed by atoms with E-state index in [0.29, 0.717) is 0 Å². The zero-order valence-corrected chi connectivity index (χ0v) is 7.47. The highest BCUT2D eigenvalue weighted by atomic mass is 16.5. The Kier molecular flexibility index (Phi) is 4.27. The van der Waals surface area contributed by atoms with Crippen molar-refractivity contribution in [3.05, 3.63) is 23.3 Å². The Morgan fingerprint density at radius 1 is 1.27 bits per heavy atom. The number of ether oxygens (including phenoxy) is 1. The van der Waals surface area contributed by atoms with E-state index in [1.165, 1.54) is 13.2 Å². The van der Waals surface area contributed by atoms with Crippen LogP contribution in [0.4, 0.5) is 0 Å². The highest BCUT2D eigenvalue weighted by Gasteiger charge is 1.96. The fraction of sp³-hybridized carbons (Fsp3) is 0.444. The standard InChI is InChI=1S/C9H14O2/c1-5-7(2)8(3)6-9(10)11-4/h5-6H,1-4H3. The minimum absolute atomic E-state index is 0.302. The summed E-state index contributed by atoms with van der Waals surface area (Å²) in [5, 5.41) is 0. The van der Waals surface area contributed by atoms with E-state index in [1.807, 2.05) is 26.8 Å².